The molecule has 0 saturated carbocycles. The number of carboxylic acids is 1. The van der Waals surface area contributed by atoms with Crippen LogP contribution in [0.1, 0.15) is 5.56 Å². The molecule has 1 N–H and O–H groups in total. The second kappa shape index (κ2) is 7.49. The summed E-state index contributed by atoms with van der Waals surface area (Å²) < 4.78 is 63.4. The number of rotatable bonds is 7. The molecule has 0 aromatic heterocycles. The standard InChI is InChI=1S/C17H15F2NO6S/c18-12-2-4-16(13(19)8-12)27(23,24)20(9-17(21)22)6-5-11-1-3-14-15(7-11)26-10-25-14/h1-4,7-8H,5-6,9-10H2,(H,21,22). The van der Waals surface area contributed by atoms with Crippen LogP contribution in [0.5, 0.6) is 11.5 Å². The van der Waals surface area contributed by atoms with E-state index in [-0.39, 0.29) is 19.8 Å². The predicted molar refractivity (Wildman–Crippen MR) is 89.0 cm³/mol. The highest BCUT2D eigenvalue weighted by Gasteiger charge is 2.29. The van der Waals surface area contributed by atoms with Crippen LogP contribution < -0.4 is 9.47 Å². The fourth-order valence-electron chi connectivity index (χ4n) is 2.61. The molecule has 0 bridgehead atoms. The summed E-state index contributed by atoms with van der Waals surface area (Å²) >= 11 is 0. The van der Waals surface area contributed by atoms with E-state index in [2.05, 4.69) is 0 Å². The first-order valence-corrected chi connectivity index (χ1v) is 9.27. The van der Waals surface area contributed by atoms with Crippen LogP contribution in [0.2, 0.25) is 0 Å². The molecule has 0 radical (unpaired) electrons. The zero-order valence-corrected chi connectivity index (χ0v) is 14.7. The average Bonchev–Trinajstić information content (AvgIpc) is 3.05. The molecular weight excluding hydrogens is 384 g/mol. The van der Waals surface area contributed by atoms with Crippen molar-refractivity contribution in [3.05, 3.63) is 53.6 Å². The van der Waals surface area contributed by atoms with Crippen LogP contribution in [-0.4, -0.2) is 43.7 Å². The Balaban J connectivity index is 1.83. The van der Waals surface area contributed by atoms with E-state index in [1.807, 2.05) is 0 Å². The minimum Gasteiger partial charge on any atom is -0.480 e. The molecule has 0 atom stereocenters. The molecule has 144 valence electrons. The number of carbonyl (C=O) groups is 1. The maximum absolute atomic E-state index is 13.9. The Morgan fingerprint density at radius 2 is 1.85 bits per heavy atom. The summed E-state index contributed by atoms with van der Waals surface area (Å²) in [6.45, 7) is -0.989. The normalized spacial score (nSPS) is 13.1. The Labute approximate surface area is 153 Å². The Morgan fingerprint density at radius 1 is 1.11 bits per heavy atom. The van der Waals surface area contributed by atoms with Crippen molar-refractivity contribution in [3.63, 3.8) is 0 Å². The van der Waals surface area contributed by atoms with Gasteiger partial charge in [0.2, 0.25) is 16.8 Å². The van der Waals surface area contributed by atoms with Crippen molar-refractivity contribution in [2.24, 2.45) is 0 Å². The molecule has 1 aliphatic rings. The van der Waals surface area contributed by atoms with Gasteiger partial charge in [-0.25, -0.2) is 17.2 Å². The van der Waals surface area contributed by atoms with Gasteiger partial charge in [-0.1, -0.05) is 6.07 Å². The summed E-state index contributed by atoms with van der Waals surface area (Å²) in [7, 11) is -4.47. The third-order valence-electron chi connectivity index (χ3n) is 3.91. The molecule has 0 unspecified atom stereocenters. The minimum atomic E-state index is -4.47. The second-order valence-electron chi connectivity index (χ2n) is 5.74. The molecule has 3 rings (SSSR count). The molecule has 1 aliphatic heterocycles. The van der Waals surface area contributed by atoms with Crippen LogP contribution in [0.15, 0.2) is 41.3 Å². The van der Waals surface area contributed by atoms with Gasteiger partial charge in [0.15, 0.2) is 11.5 Å². The lowest BCUT2D eigenvalue weighted by Crippen LogP contribution is -2.37. The third-order valence-corrected chi connectivity index (χ3v) is 5.79. The maximum atomic E-state index is 13.9. The summed E-state index contributed by atoms with van der Waals surface area (Å²) in [5, 5.41) is 9.04. The lowest BCUT2D eigenvalue weighted by molar-refractivity contribution is -0.137. The van der Waals surface area contributed by atoms with Crippen LogP contribution in [0, 0.1) is 11.6 Å². The zero-order valence-electron chi connectivity index (χ0n) is 13.9. The molecule has 1 heterocycles. The third kappa shape index (κ3) is 4.17. The average molecular weight is 399 g/mol. The first kappa shape index (κ1) is 19.1. The molecule has 0 amide bonds. The van der Waals surface area contributed by atoms with E-state index in [1.165, 1.54) is 0 Å². The van der Waals surface area contributed by atoms with E-state index in [1.54, 1.807) is 18.2 Å². The van der Waals surface area contributed by atoms with Gasteiger partial charge in [0.25, 0.3) is 0 Å². The molecule has 7 nitrogen and oxygen atoms in total. The van der Waals surface area contributed by atoms with Gasteiger partial charge >= 0.3 is 5.97 Å². The molecule has 0 spiro atoms. The van der Waals surface area contributed by atoms with Gasteiger partial charge in [0.1, 0.15) is 23.1 Å². The predicted octanol–water partition coefficient (Wildman–Crippen LogP) is 2.01. The fourth-order valence-corrected chi connectivity index (χ4v) is 4.04. The summed E-state index contributed by atoms with van der Waals surface area (Å²) in [4.78, 5) is 10.3. The van der Waals surface area contributed by atoms with Crippen molar-refractivity contribution in [1.82, 2.24) is 4.31 Å². The topological polar surface area (TPSA) is 93.1 Å². The SMILES string of the molecule is O=C(O)CN(CCc1ccc2c(c1)OCO2)S(=O)(=O)c1ccc(F)cc1F. The molecule has 0 aliphatic carbocycles. The van der Waals surface area contributed by atoms with Crippen molar-refractivity contribution in [2.45, 2.75) is 11.3 Å². The van der Waals surface area contributed by atoms with E-state index >= 15 is 0 Å². The van der Waals surface area contributed by atoms with Crippen molar-refractivity contribution in [3.8, 4) is 11.5 Å². The maximum Gasteiger partial charge on any atom is 0.318 e. The van der Waals surface area contributed by atoms with Crippen LogP contribution in [0.3, 0.4) is 0 Å². The van der Waals surface area contributed by atoms with Crippen molar-refractivity contribution >= 4 is 16.0 Å². The number of carboxylic acid groups (broad SMARTS) is 1. The highest BCUT2D eigenvalue weighted by molar-refractivity contribution is 7.89. The van der Waals surface area contributed by atoms with E-state index in [4.69, 9.17) is 14.6 Å². The Bertz CT molecular complexity index is 979. The molecule has 0 fully saturated rings. The Kier molecular flexibility index (Phi) is 5.29. The van der Waals surface area contributed by atoms with Crippen LogP contribution in [-0.2, 0) is 21.2 Å². The lowest BCUT2D eigenvalue weighted by Gasteiger charge is -2.20. The lowest BCUT2D eigenvalue weighted by atomic mass is 10.1. The van der Waals surface area contributed by atoms with Gasteiger partial charge in [-0.05, 0) is 36.2 Å². The molecule has 0 saturated heterocycles. The zero-order chi connectivity index (χ0) is 19.6. The second-order valence-corrected chi connectivity index (χ2v) is 7.65. The van der Waals surface area contributed by atoms with Crippen LogP contribution in [0.4, 0.5) is 8.78 Å². The van der Waals surface area contributed by atoms with Crippen molar-refractivity contribution < 1.29 is 36.6 Å². The Morgan fingerprint density at radius 3 is 2.56 bits per heavy atom. The molecule has 10 heteroatoms. The van der Waals surface area contributed by atoms with E-state index in [9.17, 15) is 22.0 Å². The molecule has 27 heavy (non-hydrogen) atoms. The van der Waals surface area contributed by atoms with Gasteiger partial charge in [-0.3, -0.25) is 4.79 Å². The van der Waals surface area contributed by atoms with Gasteiger partial charge < -0.3 is 14.6 Å². The fraction of sp³-hybridized carbons (Fsp3) is 0.235. The van der Waals surface area contributed by atoms with Crippen LogP contribution in [0.25, 0.3) is 0 Å². The largest absolute Gasteiger partial charge is 0.480 e. The first-order valence-electron chi connectivity index (χ1n) is 7.83. The van der Waals surface area contributed by atoms with Gasteiger partial charge in [-0.15, -0.1) is 0 Å². The number of aliphatic carboxylic acids is 1. The molecular formula is C17H15F2NO6S. The number of hydrogen-bond acceptors (Lipinski definition) is 5. The highest BCUT2D eigenvalue weighted by Crippen LogP contribution is 2.32. The minimum absolute atomic E-state index is 0.0855. The van der Waals surface area contributed by atoms with Crippen molar-refractivity contribution in [2.75, 3.05) is 19.9 Å². The number of halogens is 2. The van der Waals surface area contributed by atoms with Gasteiger partial charge in [-0.2, -0.15) is 4.31 Å². The quantitative estimate of drug-likeness (QED) is 0.766. The van der Waals surface area contributed by atoms with E-state index in [0.29, 0.717) is 27.4 Å². The smallest absolute Gasteiger partial charge is 0.318 e. The number of hydrogen-bond donors (Lipinski definition) is 1. The number of sulfonamides is 1. The summed E-state index contributed by atoms with van der Waals surface area (Å²) in [5.74, 6) is -2.55. The van der Waals surface area contributed by atoms with Crippen molar-refractivity contribution in [1.29, 1.82) is 0 Å². The summed E-state index contributed by atoms with van der Waals surface area (Å²) in [6, 6.07) is 7.02. The number of fused-ring (bicyclic) bond motifs is 1. The highest BCUT2D eigenvalue weighted by atomic mass is 32.2. The first-order chi connectivity index (χ1) is 12.8. The number of nitrogens with zero attached hydrogens (tertiary/aromatic N) is 1. The Hall–Kier alpha value is -2.72. The van der Waals surface area contributed by atoms with Crippen LogP contribution >= 0.6 is 0 Å². The molecule has 2 aromatic carbocycles. The number of ether oxygens (including phenoxy) is 2. The van der Waals surface area contributed by atoms with Gasteiger partial charge in [0, 0.05) is 12.6 Å². The summed E-state index contributed by atoms with van der Waals surface area (Å²) in [6.07, 6.45) is 0.159. The monoisotopic (exact) mass is 399 g/mol. The number of benzene rings is 2. The van der Waals surface area contributed by atoms with E-state index < -0.39 is 39.1 Å². The van der Waals surface area contributed by atoms with Gasteiger partial charge in [0.05, 0.1) is 0 Å². The molecule has 2 aromatic rings. The van der Waals surface area contributed by atoms with E-state index in [0.717, 1.165) is 12.1 Å². The summed E-state index contributed by atoms with van der Waals surface area (Å²) in [5.41, 5.74) is 0.685.